The summed E-state index contributed by atoms with van der Waals surface area (Å²) in [6.07, 6.45) is 3.50. The molecule has 0 aliphatic heterocycles. The lowest BCUT2D eigenvalue weighted by Crippen LogP contribution is -2.41. The summed E-state index contributed by atoms with van der Waals surface area (Å²) in [5.74, 6) is -0.181. The van der Waals surface area contributed by atoms with Crippen molar-refractivity contribution in [3.8, 4) is 0 Å². The highest BCUT2D eigenvalue weighted by Gasteiger charge is 2.26. The van der Waals surface area contributed by atoms with E-state index in [2.05, 4.69) is 4.98 Å². The first-order chi connectivity index (χ1) is 9.50. The molecule has 20 heavy (non-hydrogen) atoms. The molecule has 0 radical (unpaired) electrons. The quantitative estimate of drug-likeness (QED) is 0.626. The monoisotopic (exact) mass is 291 g/mol. The number of aryl methyl sites for hydroxylation is 1. The second kappa shape index (κ2) is 6.00. The van der Waals surface area contributed by atoms with Crippen LogP contribution in [0.15, 0.2) is 29.9 Å². The number of amides is 1. The molecule has 0 atom stereocenters. The van der Waals surface area contributed by atoms with Crippen molar-refractivity contribution in [2.45, 2.75) is 26.4 Å². The van der Waals surface area contributed by atoms with Gasteiger partial charge in [-0.3, -0.25) is 9.59 Å². The van der Waals surface area contributed by atoms with E-state index in [4.69, 9.17) is 0 Å². The first kappa shape index (κ1) is 14.5. The van der Waals surface area contributed by atoms with E-state index in [0.29, 0.717) is 11.4 Å². The number of hydrogen-bond acceptors (Lipinski definition) is 4. The van der Waals surface area contributed by atoms with Gasteiger partial charge >= 0.3 is 0 Å². The van der Waals surface area contributed by atoms with Crippen molar-refractivity contribution >= 4 is 23.0 Å². The van der Waals surface area contributed by atoms with Crippen LogP contribution in [0.3, 0.4) is 0 Å². The van der Waals surface area contributed by atoms with E-state index in [1.165, 1.54) is 11.3 Å². The third-order valence-electron chi connectivity index (χ3n) is 3.06. The van der Waals surface area contributed by atoms with Gasteiger partial charge in [-0.2, -0.15) is 0 Å². The number of ketones is 1. The number of thiophene rings is 1. The fourth-order valence-electron chi connectivity index (χ4n) is 1.83. The minimum Gasteiger partial charge on any atom is -0.337 e. The molecule has 2 aromatic heterocycles. The summed E-state index contributed by atoms with van der Waals surface area (Å²) in [7, 11) is 1.87. The molecule has 0 aliphatic carbocycles. The molecule has 5 nitrogen and oxygen atoms in total. The Hall–Kier alpha value is -1.95. The summed E-state index contributed by atoms with van der Waals surface area (Å²) < 4.78 is 1.85. The summed E-state index contributed by atoms with van der Waals surface area (Å²) >= 11 is 1.28. The zero-order valence-electron chi connectivity index (χ0n) is 11.7. The lowest BCUT2D eigenvalue weighted by molar-refractivity contribution is -0.128. The Bertz CT molecular complexity index is 602. The van der Waals surface area contributed by atoms with E-state index in [1.807, 2.05) is 31.7 Å². The van der Waals surface area contributed by atoms with Crippen LogP contribution in [-0.4, -0.2) is 32.2 Å². The van der Waals surface area contributed by atoms with Crippen LogP contribution in [-0.2, 0) is 18.4 Å². The number of hydrogen-bond donors (Lipinski definition) is 0. The molecule has 106 valence electrons. The van der Waals surface area contributed by atoms with Gasteiger partial charge in [0, 0.05) is 25.5 Å². The average molecular weight is 291 g/mol. The van der Waals surface area contributed by atoms with Gasteiger partial charge in [0.05, 0.1) is 11.4 Å². The van der Waals surface area contributed by atoms with Gasteiger partial charge in [0.25, 0.3) is 11.7 Å². The predicted molar refractivity (Wildman–Crippen MR) is 77.5 cm³/mol. The molecule has 0 aliphatic rings. The Balaban J connectivity index is 2.19. The number of nitrogens with zero attached hydrogens (tertiary/aromatic N) is 3. The molecular weight excluding hydrogens is 274 g/mol. The third-order valence-corrected chi connectivity index (χ3v) is 3.92. The Morgan fingerprint density at radius 2 is 2.20 bits per heavy atom. The maximum atomic E-state index is 12.4. The van der Waals surface area contributed by atoms with Crippen molar-refractivity contribution in [2.24, 2.45) is 7.05 Å². The minimum atomic E-state index is -0.481. The maximum Gasteiger partial charge on any atom is 0.296 e. The lowest BCUT2D eigenvalue weighted by Gasteiger charge is -2.25. The molecule has 2 heterocycles. The number of rotatable bonds is 5. The van der Waals surface area contributed by atoms with E-state index < -0.39 is 11.7 Å². The first-order valence-electron chi connectivity index (χ1n) is 6.35. The van der Waals surface area contributed by atoms with E-state index in [9.17, 15) is 9.59 Å². The molecule has 2 aromatic rings. The van der Waals surface area contributed by atoms with Crippen LogP contribution in [0.5, 0.6) is 0 Å². The molecule has 0 saturated heterocycles. The summed E-state index contributed by atoms with van der Waals surface area (Å²) in [6.45, 7) is 4.11. The highest BCUT2D eigenvalue weighted by Crippen LogP contribution is 2.14. The zero-order valence-corrected chi connectivity index (χ0v) is 12.6. The van der Waals surface area contributed by atoms with Gasteiger partial charge in [-0.1, -0.05) is 6.07 Å². The Kier molecular flexibility index (Phi) is 4.34. The van der Waals surface area contributed by atoms with Gasteiger partial charge in [0.15, 0.2) is 0 Å². The SMILES string of the molecule is CC(C)N(Cc1nccn1C)C(=O)C(=O)c1cccs1. The highest BCUT2D eigenvalue weighted by molar-refractivity contribution is 7.12. The average Bonchev–Trinajstić information content (AvgIpc) is 3.05. The van der Waals surface area contributed by atoms with Crippen molar-refractivity contribution in [3.05, 3.63) is 40.6 Å². The summed E-state index contributed by atoms with van der Waals surface area (Å²) in [4.78, 5) is 30.7. The summed E-state index contributed by atoms with van der Waals surface area (Å²) in [6, 6.07) is 3.37. The number of imidazole rings is 1. The van der Waals surface area contributed by atoms with Crippen LogP contribution in [0.1, 0.15) is 29.3 Å². The van der Waals surface area contributed by atoms with E-state index >= 15 is 0 Å². The Morgan fingerprint density at radius 3 is 2.70 bits per heavy atom. The normalized spacial score (nSPS) is 10.8. The smallest absolute Gasteiger partial charge is 0.296 e. The molecular formula is C14H17N3O2S. The molecule has 0 saturated carbocycles. The van der Waals surface area contributed by atoms with Crippen LogP contribution in [0.25, 0.3) is 0 Å². The molecule has 2 rings (SSSR count). The minimum absolute atomic E-state index is 0.0666. The molecule has 0 aromatic carbocycles. The number of carbonyl (C=O) groups excluding carboxylic acids is 2. The van der Waals surface area contributed by atoms with Gasteiger partial charge in [0.1, 0.15) is 5.82 Å². The van der Waals surface area contributed by atoms with E-state index in [0.717, 1.165) is 5.82 Å². The summed E-state index contributed by atoms with van der Waals surface area (Å²) in [5.41, 5.74) is 0. The third kappa shape index (κ3) is 2.96. The predicted octanol–water partition coefficient (Wildman–Crippen LogP) is 2.10. The Morgan fingerprint density at radius 1 is 1.45 bits per heavy atom. The molecule has 0 unspecified atom stereocenters. The van der Waals surface area contributed by atoms with Crippen molar-refractivity contribution in [1.82, 2.24) is 14.5 Å². The number of aromatic nitrogens is 2. The largest absolute Gasteiger partial charge is 0.337 e. The molecule has 0 bridgehead atoms. The fraction of sp³-hybridized carbons (Fsp3) is 0.357. The van der Waals surface area contributed by atoms with E-state index in [-0.39, 0.29) is 6.04 Å². The zero-order chi connectivity index (χ0) is 14.7. The van der Waals surface area contributed by atoms with Crippen LogP contribution >= 0.6 is 11.3 Å². The first-order valence-corrected chi connectivity index (χ1v) is 7.23. The number of carbonyl (C=O) groups is 2. The number of Topliss-reactive ketones (excluding diaryl/α,β-unsaturated/α-hetero) is 1. The molecule has 1 amide bonds. The standard InChI is InChI=1S/C14H17N3O2S/c1-10(2)17(9-12-15-6-7-16(12)3)14(19)13(18)11-5-4-8-20-11/h4-8,10H,9H2,1-3H3. The van der Waals surface area contributed by atoms with Gasteiger partial charge in [-0.15, -0.1) is 11.3 Å². The summed E-state index contributed by atoms with van der Waals surface area (Å²) in [5, 5.41) is 1.79. The molecule has 0 N–H and O–H groups in total. The molecule has 0 spiro atoms. The second-order valence-electron chi connectivity index (χ2n) is 4.79. The van der Waals surface area contributed by atoms with Crippen LogP contribution in [0.4, 0.5) is 0 Å². The fourth-order valence-corrected chi connectivity index (χ4v) is 2.49. The van der Waals surface area contributed by atoms with E-state index in [1.54, 1.807) is 28.6 Å². The second-order valence-corrected chi connectivity index (χ2v) is 5.74. The Labute approximate surface area is 121 Å². The van der Waals surface area contributed by atoms with Gasteiger partial charge < -0.3 is 9.47 Å². The van der Waals surface area contributed by atoms with Gasteiger partial charge in [0.2, 0.25) is 0 Å². The molecule has 6 heteroatoms. The van der Waals surface area contributed by atoms with Crippen molar-refractivity contribution in [1.29, 1.82) is 0 Å². The van der Waals surface area contributed by atoms with Crippen molar-refractivity contribution in [2.75, 3.05) is 0 Å². The van der Waals surface area contributed by atoms with Gasteiger partial charge in [-0.25, -0.2) is 4.98 Å². The van der Waals surface area contributed by atoms with Crippen molar-refractivity contribution in [3.63, 3.8) is 0 Å². The lowest BCUT2D eigenvalue weighted by atomic mass is 10.2. The molecule has 0 fully saturated rings. The topological polar surface area (TPSA) is 55.2 Å². The maximum absolute atomic E-state index is 12.4. The van der Waals surface area contributed by atoms with Gasteiger partial charge in [-0.05, 0) is 25.3 Å². The van der Waals surface area contributed by atoms with Crippen LogP contribution < -0.4 is 0 Å². The van der Waals surface area contributed by atoms with Crippen LogP contribution in [0, 0.1) is 0 Å². The highest BCUT2D eigenvalue weighted by atomic mass is 32.1. The van der Waals surface area contributed by atoms with Crippen molar-refractivity contribution < 1.29 is 9.59 Å². The van der Waals surface area contributed by atoms with Crippen LogP contribution in [0.2, 0.25) is 0 Å².